The molecule has 1 unspecified atom stereocenters. The van der Waals surface area contributed by atoms with Gasteiger partial charge in [-0.2, -0.15) is 5.10 Å². The molecule has 182 valence electrons. The zero-order valence-electron chi connectivity index (χ0n) is 19.4. The lowest BCUT2D eigenvalue weighted by molar-refractivity contribution is -0.130. The van der Waals surface area contributed by atoms with Crippen LogP contribution in [0.3, 0.4) is 0 Å². The Morgan fingerprint density at radius 2 is 1.78 bits per heavy atom. The number of hydrogen-bond donors (Lipinski definition) is 2. The van der Waals surface area contributed by atoms with Crippen molar-refractivity contribution in [3.63, 3.8) is 0 Å². The molecule has 1 aliphatic heterocycles. The van der Waals surface area contributed by atoms with Gasteiger partial charge in [-0.1, -0.05) is 42.5 Å². The van der Waals surface area contributed by atoms with Gasteiger partial charge in [0.2, 0.25) is 12.0 Å². The molecule has 0 spiro atoms. The van der Waals surface area contributed by atoms with Crippen LogP contribution in [-0.4, -0.2) is 41.6 Å². The number of rotatable bonds is 6. The minimum Gasteiger partial charge on any atom is -0.497 e. The highest BCUT2D eigenvalue weighted by Crippen LogP contribution is 2.31. The summed E-state index contributed by atoms with van der Waals surface area (Å²) in [6.45, 7) is 0.179. The first-order chi connectivity index (χ1) is 17.5. The predicted molar refractivity (Wildman–Crippen MR) is 134 cm³/mol. The van der Waals surface area contributed by atoms with Crippen LogP contribution >= 0.6 is 0 Å². The van der Waals surface area contributed by atoms with Crippen molar-refractivity contribution in [3.05, 3.63) is 94.3 Å². The smallest absolute Gasteiger partial charge is 0.284 e. The first-order valence-electron chi connectivity index (χ1n) is 11.2. The fourth-order valence-corrected chi connectivity index (χ4v) is 3.98. The van der Waals surface area contributed by atoms with E-state index in [2.05, 4.69) is 10.5 Å². The van der Waals surface area contributed by atoms with Crippen molar-refractivity contribution < 1.29 is 24.1 Å². The molecular weight excluding hydrogens is 462 g/mol. The molecular formula is C27H23N3O6. The molecule has 0 radical (unpaired) electrons. The highest BCUT2D eigenvalue weighted by Gasteiger charge is 2.27. The van der Waals surface area contributed by atoms with Crippen molar-refractivity contribution in [1.82, 2.24) is 9.99 Å². The van der Waals surface area contributed by atoms with Gasteiger partial charge < -0.3 is 19.3 Å². The molecule has 36 heavy (non-hydrogen) atoms. The van der Waals surface area contributed by atoms with Crippen LogP contribution in [0, 0.1) is 0 Å². The molecule has 4 aromatic rings. The van der Waals surface area contributed by atoms with E-state index >= 15 is 0 Å². The second-order valence-electron chi connectivity index (χ2n) is 8.12. The second-order valence-corrected chi connectivity index (χ2v) is 8.12. The van der Waals surface area contributed by atoms with Gasteiger partial charge in [0.05, 0.1) is 25.4 Å². The Bertz CT molecular complexity index is 1510. The van der Waals surface area contributed by atoms with Crippen LogP contribution in [0.15, 0.2) is 82.7 Å². The number of methoxy groups -OCH3 is 1. The number of aromatic hydroxyl groups is 1. The topological polar surface area (TPSA) is 111 Å². The number of para-hydroxylation sites is 2. The van der Waals surface area contributed by atoms with Gasteiger partial charge in [-0.25, -0.2) is 5.43 Å². The van der Waals surface area contributed by atoms with E-state index in [4.69, 9.17) is 14.2 Å². The number of fused-ring (bicyclic) bond motifs is 2. The van der Waals surface area contributed by atoms with Gasteiger partial charge in [-0.05, 0) is 35.9 Å². The van der Waals surface area contributed by atoms with Gasteiger partial charge in [0.1, 0.15) is 12.4 Å². The number of pyridine rings is 1. The van der Waals surface area contributed by atoms with E-state index in [1.165, 1.54) is 10.8 Å². The SMILES string of the molecule is COc1ccc(Cn2c(O)c(/C=N/NC(=O)C3COc4ccccc4O3)c3ccccc3c2=O)cc1. The summed E-state index contributed by atoms with van der Waals surface area (Å²) in [6, 6.07) is 21.2. The molecule has 0 saturated carbocycles. The number of carbonyl (C=O) groups excluding carboxylic acids is 1. The maximum absolute atomic E-state index is 13.2. The summed E-state index contributed by atoms with van der Waals surface area (Å²) >= 11 is 0. The molecule has 1 atom stereocenters. The molecule has 2 N–H and O–H groups in total. The number of carbonyl (C=O) groups is 1. The van der Waals surface area contributed by atoms with Crippen LogP contribution in [0.25, 0.3) is 10.8 Å². The Morgan fingerprint density at radius 1 is 1.08 bits per heavy atom. The largest absolute Gasteiger partial charge is 0.497 e. The molecule has 1 aliphatic rings. The lowest BCUT2D eigenvalue weighted by Crippen LogP contribution is -2.42. The molecule has 9 heteroatoms. The van der Waals surface area contributed by atoms with Crippen molar-refractivity contribution >= 4 is 22.9 Å². The van der Waals surface area contributed by atoms with Crippen molar-refractivity contribution in [2.45, 2.75) is 12.6 Å². The molecule has 2 heterocycles. The third-order valence-electron chi connectivity index (χ3n) is 5.86. The minimum absolute atomic E-state index is 0.0410. The summed E-state index contributed by atoms with van der Waals surface area (Å²) in [6.07, 6.45) is 0.434. The molecule has 0 saturated heterocycles. The quantitative estimate of drug-likeness (QED) is 0.321. The van der Waals surface area contributed by atoms with E-state index < -0.39 is 12.0 Å². The number of hydrogen-bond acceptors (Lipinski definition) is 7. The molecule has 0 fully saturated rings. The van der Waals surface area contributed by atoms with Gasteiger partial charge in [-0.3, -0.25) is 14.2 Å². The zero-order valence-corrected chi connectivity index (χ0v) is 19.4. The van der Waals surface area contributed by atoms with E-state index in [1.807, 2.05) is 18.2 Å². The van der Waals surface area contributed by atoms with E-state index in [1.54, 1.807) is 61.7 Å². The van der Waals surface area contributed by atoms with Gasteiger partial charge in [-0.15, -0.1) is 0 Å². The molecule has 3 aromatic carbocycles. The maximum Gasteiger partial charge on any atom is 0.284 e. The predicted octanol–water partition coefficient (Wildman–Crippen LogP) is 3.05. The first-order valence-corrected chi connectivity index (χ1v) is 11.2. The monoisotopic (exact) mass is 485 g/mol. The van der Waals surface area contributed by atoms with Gasteiger partial charge >= 0.3 is 0 Å². The van der Waals surface area contributed by atoms with E-state index in [9.17, 15) is 14.7 Å². The fourth-order valence-electron chi connectivity index (χ4n) is 3.98. The van der Waals surface area contributed by atoms with E-state index in [0.29, 0.717) is 33.6 Å². The highest BCUT2D eigenvalue weighted by molar-refractivity contribution is 6.01. The fraction of sp³-hybridized carbons (Fsp3) is 0.148. The van der Waals surface area contributed by atoms with Crippen LogP contribution < -0.4 is 25.2 Å². The number of nitrogens with zero attached hydrogens (tertiary/aromatic N) is 2. The highest BCUT2D eigenvalue weighted by atomic mass is 16.6. The average molecular weight is 485 g/mol. The van der Waals surface area contributed by atoms with Crippen LogP contribution in [0.5, 0.6) is 23.1 Å². The Labute approximate surface area is 206 Å². The average Bonchev–Trinajstić information content (AvgIpc) is 2.92. The van der Waals surface area contributed by atoms with Crippen LogP contribution in [0.4, 0.5) is 0 Å². The summed E-state index contributed by atoms with van der Waals surface area (Å²) in [4.78, 5) is 25.8. The third-order valence-corrected chi connectivity index (χ3v) is 5.86. The molecule has 0 aliphatic carbocycles. The number of nitrogens with one attached hydrogen (secondary N) is 1. The number of aromatic nitrogens is 1. The zero-order chi connectivity index (χ0) is 25.1. The number of benzene rings is 3. The van der Waals surface area contributed by atoms with E-state index in [0.717, 1.165) is 5.56 Å². The standard InChI is InChI=1S/C27H23N3O6/c1-34-18-12-10-17(11-13-18)15-30-26(32)20-7-3-2-6-19(20)21(27(30)33)14-28-29-25(31)24-16-35-22-8-4-5-9-23(22)36-24/h2-14,24,33H,15-16H2,1H3,(H,29,31)/b28-14+. The second kappa shape index (κ2) is 9.83. The van der Waals surface area contributed by atoms with Gasteiger partial charge in [0.15, 0.2) is 11.5 Å². The number of hydrazone groups is 1. The lowest BCUT2D eigenvalue weighted by Gasteiger charge is -2.24. The number of amides is 1. The first kappa shape index (κ1) is 23.0. The van der Waals surface area contributed by atoms with Crippen molar-refractivity contribution in [3.8, 4) is 23.1 Å². The van der Waals surface area contributed by atoms with Crippen molar-refractivity contribution in [1.29, 1.82) is 0 Å². The Hall–Kier alpha value is -4.79. The van der Waals surface area contributed by atoms with Crippen molar-refractivity contribution in [2.75, 3.05) is 13.7 Å². The number of ether oxygens (including phenoxy) is 3. The van der Waals surface area contributed by atoms with Gasteiger partial charge in [0, 0.05) is 10.8 Å². The van der Waals surface area contributed by atoms with E-state index in [-0.39, 0.29) is 24.6 Å². The van der Waals surface area contributed by atoms with Crippen molar-refractivity contribution in [2.24, 2.45) is 5.10 Å². The normalized spacial score (nSPS) is 14.6. The molecule has 0 bridgehead atoms. The molecule has 5 rings (SSSR count). The minimum atomic E-state index is -0.883. The van der Waals surface area contributed by atoms with Crippen LogP contribution in [-0.2, 0) is 11.3 Å². The van der Waals surface area contributed by atoms with Gasteiger partial charge in [0.25, 0.3) is 11.5 Å². The summed E-state index contributed by atoms with van der Waals surface area (Å²) in [7, 11) is 1.57. The van der Waals surface area contributed by atoms with Crippen LogP contribution in [0.1, 0.15) is 11.1 Å². The summed E-state index contributed by atoms with van der Waals surface area (Å²) in [5.41, 5.74) is 3.19. The third kappa shape index (κ3) is 4.46. The summed E-state index contributed by atoms with van der Waals surface area (Å²) in [5.74, 6) is 0.964. The molecule has 1 aromatic heterocycles. The maximum atomic E-state index is 13.2. The Morgan fingerprint density at radius 3 is 2.53 bits per heavy atom. The van der Waals surface area contributed by atoms with Crippen LogP contribution in [0.2, 0.25) is 0 Å². The Kier molecular flexibility index (Phi) is 6.27. The molecule has 9 nitrogen and oxygen atoms in total. The summed E-state index contributed by atoms with van der Waals surface area (Å²) < 4.78 is 17.7. The lowest BCUT2D eigenvalue weighted by atomic mass is 10.1. The molecule has 1 amide bonds. The Balaban J connectivity index is 1.41. The summed E-state index contributed by atoms with van der Waals surface area (Å²) in [5, 5.41) is 16.0.